The van der Waals surface area contributed by atoms with E-state index in [1.807, 2.05) is 60.7 Å². The standard InChI is InChI=1S/C22H28N2O3/c23-21(19-13-7-15-25-19,17-9-3-1-4-10-17)27-22(24,20-14-8-16-26-20)18-11-5-2-6-12-18/h1-6,9-12,19-20H,7-8,13-16,23-24H2. The van der Waals surface area contributed by atoms with Crippen LogP contribution in [0.4, 0.5) is 0 Å². The first-order chi connectivity index (χ1) is 13.1. The molecule has 2 aromatic carbocycles. The molecule has 2 heterocycles. The second-order valence-corrected chi connectivity index (χ2v) is 7.42. The van der Waals surface area contributed by atoms with Crippen molar-refractivity contribution >= 4 is 0 Å². The lowest BCUT2D eigenvalue weighted by Crippen LogP contribution is -2.61. The van der Waals surface area contributed by atoms with Gasteiger partial charge >= 0.3 is 0 Å². The van der Waals surface area contributed by atoms with Crippen molar-refractivity contribution in [3.8, 4) is 0 Å². The van der Waals surface area contributed by atoms with E-state index in [-0.39, 0.29) is 12.2 Å². The zero-order valence-electron chi connectivity index (χ0n) is 15.6. The molecule has 5 nitrogen and oxygen atoms in total. The Bertz CT molecular complexity index is 666. The highest BCUT2D eigenvalue weighted by Crippen LogP contribution is 2.41. The lowest BCUT2D eigenvalue weighted by atomic mass is 9.91. The van der Waals surface area contributed by atoms with Crippen LogP contribution in [0.1, 0.15) is 36.8 Å². The molecule has 0 saturated carbocycles. The molecule has 4 unspecified atom stereocenters. The molecule has 0 spiro atoms. The van der Waals surface area contributed by atoms with Gasteiger partial charge in [0.15, 0.2) is 11.4 Å². The first-order valence-electron chi connectivity index (χ1n) is 9.75. The molecule has 2 aliphatic heterocycles. The zero-order valence-corrected chi connectivity index (χ0v) is 15.6. The largest absolute Gasteiger partial charge is 0.373 e. The number of hydrogen-bond acceptors (Lipinski definition) is 5. The molecule has 4 N–H and O–H groups in total. The molecular formula is C22H28N2O3. The topological polar surface area (TPSA) is 79.7 Å². The highest BCUT2D eigenvalue weighted by Gasteiger charge is 2.50. The summed E-state index contributed by atoms with van der Waals surface area (Å²) in [7, 11) is 0. The number of hydrogen-bond donors (Lipinski definition) is 2. The SMILES string of the molecule is NC(OC(N)(c1ccccc1)C1CCCO1)(c1ccccc1)C1CCCO1. The fraction of sp³-hybridized carbons (Fsp3) is 0.455. The van der Waals surface area contributed by atoms with Gasteiger partial charge in [-0.1, -0.05) is 60.7 Å². The predicted octanol–water partition coefficient (Wildman–Crippen LogP) is 2.98. The highest BCUT2D eigenvalue weighted by atomic mass is 16.6. The third-order valence-corrected chi connectivity index (χ3v) is 5.60. The maximum absolute atomic E-state index is 6.93. The highest BCUT2D eigenvalue weighted by molar-refractivity contribution is 5.27. The summed E-state index contributed by atoms with van der Waals surface area (Å²) in [5.74, 6) is 0. The van der Waals surface area contributed by atoms with Gasteiger partial charge in [-0.15, -0.1) is 0 Å². The molecule has 2 aliphatic rings. The number of rotatable bonds is 6. The fourth-order valence-electron chi connectivity index (χ4n) is 4.13. The van der Waals surface area contributed by atoms with Crippen LogP contribution in [0.5, 0.6) is 0 Å². The monoisotopic (exact) mass is 368 g/mol. The van der Waals surface area contributed by atoms with Crippen LogP contribution in [0.15, 0.2) is 60.7 Å². The van der Waals surface area contributed by atoms with E-state index in [1.165, 1.54) is 0 Å². The van der Waals surface area contributed by atoms with Gasteiger partial charge in [-0.2, -0.15) is 0 Å². The summed E-state index contributed by atoms with van der Waals surface area (Å²) in [5, 5.41) is 0. The van der Waals surface area contributed by atoms with E-state index < -0.39 is 11.4 Å². The van der Waals surface area contributed by atoms with Crippen LogP contribution in [-0.4, -0.2) is 25.4 Å². The van der Waals surface area contributed by atoms with Crippen LogP contribution >= 0.6 is 0 Å². The second kappa shape index (κ2) is 7.70. The third-order valence-electron chi connectivity index (χ3n) is 5.60. The molecule has 0 amide bonds. The van der Waals surface area contributed by atoms with Gasteiger partial charge in [-0.25, -0.2) is 0 Å². The van der Waals surface area contributed by atoms with Crippen LogP contribution in [0.25, 0.3) is 0 Å². The van der Waals surface area contributed by atoms with Crippen molar-refractivity contribution in [3.63, 3.8) is 0 Å². The maximum atomic E-state index is 6.93. The minimum atomic E-state index is -1.16. The number of ether oxygens (including phenoxy) is 3. The summed E-state index contributed by atoms with van der Waals surface area (Å²) in [6.45, 7) is 1.37. The minimum absolute atomic E-state index is 0.257. The second-order valence-electron chi connectivity index (χ2n) is 7.42. The Balaban J connectivity index is 1.76. The zero-order chi connectivity index (χ0) is 18.7. The first-order valence-corrected chi connectivity index (χ1v) is 9.75. The Morgan fingerprint density at radius 2 is 1.11 bits per heavy atom. The average molecular weight is 368 g/mol. The Labute approximate surface area is 160 Å². The van der Waals surface area contributed by atoms with Crippen molar-refractivity contribution in [1.82, 2.24) is 0 Å². The molecule has 2 fully saturated rings. The van der Waals surface area contributed by atoms with Crippen LogP contribution in [0.3, 0.4) is 0 Å². The molecule has 4 atom stereocenters. The molecule has 0 aliphatic carbocycles. The van der Waals surface area contributed by atoms with E-state index in [0.717, 1.165) is 36.8 Å². The van der Waals surface area contributed by atoms with E-state index in [1.54, 1.807) is 0 Å². The van der Waals surface area contributed by atoms with Crippen molar-refractivity contribution in [3.05, 3.63) is 71.8 Å². The molecule has 2 aromatic rings. The predicted molar refractivity (Wildman–Crippen MR) is 104 cm³/mol. The van der Waals surface area contributed by atoms with E-state index in [2.05, 4.69) is 0 Å². The Morgan fingerprint density at radius 3 is 1.44 bits per heavy atom. The smallest absolute Gasteiger partial charge is 0.172 e. The van der Waals surface area contributed by atoms with Gasteiger partial charge in [-0.05, 0) is 25.7 Å². The molecule has 144 valence electrons. The van der Waals surface area contributed by atoms with Crippen molar-refractivity contribution < 1.29 is 14.2 Å². The number of benzene rings is 2. The van der Waals surface area contributed by atoms with E-state index in [4.69, 9.17) is 25.7 Å². The van der Waals surface area contributed by atoms with Crippen molar-refractivity contribution in [1.29, 1.82) is 0 Å². The van der Waals surface area contributed by atoms with Crippen molar-refractivity contribution in [2.24, 2.45) is 11.5 Å². The Morgan fingerprint density at radius 1 is 0.704 bits per heavy atom. The molecule has 5 heteroatoms. The van der Waals surface area contributed by atoms with Crippen LogP contribution in [-0.2, 0) is 25.7 Å². The Hall–Kier alpha value is -1.76. The van der Waals surface area contributed by atoms with E-state index >= 15 is 0 Å². The van der Waals surface area contributed by atoms with E-state index in [0.29, 0.717) is 13.2 Å². The number of nitrogens with two attached hydrogens (primary N) is 2. The van der Waals surface area contributed by atoms with Crippen molar-refractivity contribution in [2.45, 2.75) is 49.3 Å². The lowest BCUT2D eigenvalue weighted by molar-refractivity contribution is -0.244. The van der Waals surface area contributed by atoms with Gasteiger partial charge in [0, 0.05) is 24.3 Å². The molecule has 4 rings (SSSR count). The fourth-order valence-corrected chi connectivity index (χ4v) is 4.13. The summed E-state index contributed by atoms with van der Waals surface area (Å²) in [5.41, 5.74) is 13.3. The first kappa shape index (κ1) is 18.6. The van der Waals surface area contributed by atoms with Gasteiger partial charge in [0.2, 0.25) is 0 Å². The van der Waals surface area contributed by atoms with Gasteiger partial charge in [0.1, 0.15) is 12.2 Å². The normalized spacial score (nSPS) is 27.2. The molecule has 27 heavy (non-hydrogen) atoms. The molecule has 0 bridgehead atoms. The minimum Gasteiger partial charge on any atom is -0.373 e. The molecule has 0 radical (unpaired) electrons. The summed E-state index contributed by atoms with van der Waals surface area (Å²) in [6, 6.07) is 19.7. The molecular weight excluding hydrogens is 340 g/mol. The quantitative estimate of drug-likeness (QED) is 0.766. The summed E-state index contributed by atoms with van der Waals surface area (Å²) >= 11 is 0. The third kappa shape index (κ3) is 3.53. The lowest BCUT2D eigenvalue weighted by Gasteiger charge is -2.45. The van der Waals surface area contributed by atoms with Gasteiger partial charge < -0.3 is 14.2 Å². The van der Waals surface area contributed by atoms with Gasteiger partial charge in [-0.3, -0.25) is 11.5 Å². The summed E-state index contributed by atoms with van der Waals surface area (Å²) in [6.07, 6.45) is 3.08. The van der Waals surface area contributed by atoms with Crippen LogP contribution < -0.4 is 11.5 Å². The average Bonchev–Trinajstić information content (AvgIpc) is 3.43. The van der Waals surface area contributed by atoms with E-state index in [9.17, 15) is 0 Å². The van der Waals surface area contributed by atoms with Crippen LogP contribution in [0, 0.1) is 0 Å². The maximum Gasteiger partial charge on any atom is 0.172 e. The Kier molecular flexibility index (Phi) is 5.30. The molecule has 2 saturated heterocycles. The summed E-state index contributed by atoms with van der Waals surface area (Å²) in [4.78, 5) is 0. The molecule has 0 aromatic heterocycles. The summed E-state index contributed by atoms with van der Waals surface area (Å²) < 4.78 is 18.6. The van der Waals surface area contributed by atoms with Crippen LogP contribution in [0.2, 0.25) is 0 Å². The van der Waals surface area contributed by atoms with Gasteiger partial charge in [0.05, 0.1) is 0 Å². The van der Waals surface area contributed by atoms with Gasteiger partial charge in [0.25, 0.3) is 0 Å². The van der Waals surface area contributed by atoms with Crippen molar-refractivity contribution in [2.75, 3.05) is 13.2 Å².